The molecule has 0 aromatic rings. The van der Waals surface area contributed by atoms with E-state index in [9.17, 15) is 21.6 Å². The second kappa shape index (κ2) is 8.66. The molecule has 8 nitrogen and oxygen atoms in total. The van der Waals surface area contributed by atoms with E-state index in [0.29, 0.717) is 19.5 Å². The van der Waals surface area contributed by atoms with Crippen molar-refractivity contribution in [3.05, 3.63) is 0 Å². The minimum atomic E-state index is -3.23. The first-order valence-electron chi connectivity index (χ1n) is 6.63. The summed E-state index contributed by atoms with van der Waals surface area (Å²) in [5, 5.41) is 2.57. The summed E-state index contributed by atoms with van der Waals surface area (Å²) in [4.78, 5) is 11.6. The van der Waals surface area contributed by atoms with Crippen molar-refractivity contribution in [2.45, 2.75) is 25.8 Å². The van der Waals surface area contributed by atoms with Gasteiger partial charge in [-0.2, -0.15) is 0 Å². The fraction of sp³-hybridized carbons (Fsp3) is 0.909. The molecule has 1 atom stereocenters. The third-order valence-electron chi connectivity index (χ3n) is 2.84. The topological polar surface area (TPSA) is 127 Å². The quantitative estimate of drug-likeness (QED) is 0.467. The average molecular weight is 343 g/mol. The lowest BCUT2D eigenvalue weighted by Crippen LogP contribution is -2.42. The first-order chi connectivity index (χ1) is 9.47. The van der Waals surface area contributed by atoms with Gasteiger partial charge in [0.1, 0.15) is 9.84 Å². The van der Waals surface area contributed by atoms with Crippen molar-refractivity contribution in [1.29, 1.82) is 0 Å². The van der Waals surface area contributed by atoms with Crippen LogP contribution in [0.3, 0.4) is 0 Å². The molecule has 1 amide bonds. The van der Waals surface area contributed by atoms with Crippen LogP contribution in [-0.2, 0) is 24.7 Å². The molecule has 0 radical (unpaired) electrons. The van der Waals surface area contributed by atoms with Crippen LogP contribution in [0.4, 0.5) is 0 Å². The Morgan fingerprint density at radius 1 is 1.24 bits per heavy atom. The Morgan fingerprint density at radius 2 is 1.81 bits per heavy atom. The molecule has 0 aliphatic heterocycles. The van der Waals surface area contributed by atoms with Gasteiger partial charge < -0.3 is 11.1 Å². The SMILES string of the molecule is CCN(CCCNC(=O)C(N)CCS(C)(=O)=O)S(C)(=O)=O. The van der Waals surface area contributed by atoms with Crippen molar-refractivity contribution in [2.75, 3.05) is 37.9 Å². The molecule has 0 bridgehead atoms. The zero-order valence-electron chi connectivity index (χ0n) is 12.7. The highest BCUT2D eigenvalue weighted by molar-refractivity contribution is 7.90. The van der Waals surface area contributed by atoms with Gasteiger partial charge in [-0.15, -0.1) is 0 Å². The third-order valence-corrected chi connectivity index (χ3v) is 5.20. The minimum Gasteiger partial charge on any atom is -0.355 e. The number of rotatable bonds is 10. The molecule has 0 saturated heterocycles. The Balaban J connectivity index is 4.04. The van der Waals surface area contributed by atoms with E-state index in [1.165, 1.54) is 4.31 Å². The lowest BCUT2D eigenvalue weighted by atomic mass is 10.2. The second-order valence-corrected chi connectivity index (χ2v) is 9.17. The van der Waals surface area contributed by atoms with Crippen molar-refractivity contribution in [2.24, 2.45) is 5.73 Å². The molecule has 0 fully saturated rings. The normalized spacial score (nSPS) is 14.1. The van der Waals surface area contributed by atoms with Crippen LogP contribution < -0.4 is 11.1 Å². The van der Waals surface area contributed by atoms with Crippen LogP contribution in [0.25, 0.3) is 0 Å². The lowest BCUT2D eigenvalue weighted by Gasteiger charge is -2.18. The van der Waals surface area contributed by atoms with Crippen molar-refractivity contribution in [3.63, 3.8) is 0 Å². The van der Waals surface area contributed by atoms with Crippen molar-refractivity contribution in [3.8, 4) is 0 Å². The van der Waals surface area contributed by atoms with Gasteiger partial charge in [-0.3, -0.25) is 4.79 Å². The van der Waals surface area contributed by atoms with Crippen LogP contribution >= 0.6 is 0 Å². The van der Waals surface area contributed by atoms with Crippen molar-refractivity contribution in [1.82, 2.24) is 9.62 Å². The number of carbonyl (C=O) groups is 1. The molecule has 0 rings (SSSR count). The molecule has 0 aromatic carbocycles. The van der Waals surface area contributed by atoms with E-state index in [1.54, 1.807) is 6.92 Å². The Kier molecular flexibility index (Phi) is 8.37. The van der Waals surface area contributed by atoms with Gasteiger partial charge >= 0.3 is 0 Å². The highest BCUT2D eigenvalue weighted by atomic mass is 32.2. The number of sulfone groups is 1. The molecule has 126 valence electrons. The van der Waals surface area contributed by atoms with Gasteiger partial charge in [-0.1, -0.05) is 6.92 Å². The highest BCUT2D eigenvalue weighted by Crippen LogP contribution is 1.99. The van der Waals surface area contributed by atoms with E-state index in [2.05, 4.69) is 5.32 Å². The summed E-state index contributed by atoms with van der Waals surface area (Å²) in [5.74, 6) is -0.569. The van der Waals surface area contributed by atoms with Gasteiger partial charge in [0, 0.05) is 25.9 Å². The van der Waals surface area contributed by atoms with Gasteiger partial charge in [0.05, 0.1) is 18.1 Å². The predicted octanol–water partition coefficient (Wildman–Crippen LogP) is -1.46. The number of amides is 1. The number of nitrogens with one attached hydrogen (secondary N) is 1. The van der Waals surface area contributed by atoms with Crippen LogP contribution in [0.15, 0.2) is 0 Å². The number of carbonyl (C=O) groups excluding carboxylic acids is 1. The lowest BCUT2D eigenvalue weighted by molar-refractivity contribution is -0.122. The first kappa shape index (κ1) is 20.3. The van der Waals surface area contributed by atoms with Crippen molar-refractivity contribution >= 4 is 25.8 Å². The summed E-state index contributed by atoms with van der Waals surface area (Å²) in [5.41, 5.74) is 5.58. The summed E-state index contributed by atoms with van der Waals surface area (Å²) in [6.07, 6.45) is 2.75. The number of nitrogens with zero attached hydrogens (tertiary/aromatic N) is 1. The zero-order valence-corrected chi connectivity index (χ0v) is 14.3. The summed E-state index contributed by atoms with van der Waals surface area (Å²) in [6, 6.07) is -0.878. The van der Waals surface area contributed by atoms with Crippen LogP contribution in [0, 0.1) is 0 Å². The number of hydrogen-bond acceptors (Lipinski definition) is 6. The molecule has 3 N–H and O–H groups in total. The maximum atomic E-state index is 11.6. The smallest absolute Gasteiger partial charge is 0.236 e. The minimum absolute atomic E-state index is 0.0646. The van der Waals surface area contributed by atoms with Crippen LogP contribution in [0.2, 0.25) is 0 Å². The van der Waals surface area contributed by atoms with E-state index in [1.807, 2.05) is 0 Å². The van der Waals surface area contributed by atoms with E-state index >= 15 is 0 Å². The van der Waals surface area contributed by atoms with Crippen molar-refractivity contribution < 1.29 is 21.6 Å². The largest absolute Gasteiger partial charge is 0.355 e. The monoisotopic (exact) mass is 343 g/mol. The Bertz CT molecular complexity index is 530. The van der Waals surface area contributed by atoms with E-state index in [4.69, 9.17) is 5.73 Å². The van der Waals surface area contributed by atoms with Gasteiger partial charge in [0.2, 0.25) is 15.9 Å². The molecule has 0 aliphatic rings. The van der Waals surface area contributed by atoms with Crippen LogP contribution in [-0.4, -0.2) is 71.0 Å². The second-order valence-electron chi connectivity index (χ2n) is 4.92. The van der Waals surface area contributed by atoms with Gasteiger partial charge in [0.25, 0.3) is 0 Å². The van der Waals surface area contributed by atoms with Crippen LogP contribution in [0.5, 0.6) is 0 Å². The zero-order chi connectivity index (χ0) is 16.7. The fourth-order valence-electron chi connectivity index (χ4n) is 1.63. The highest BCUT2D eigenvalue weighted by Gasteiger charge is 2.16. The fourth-order valence-corrected chi connectivity index (χ4v) is 3.24. The Morgan fingerprint density at radius 3 is 2.24 bits per heavy atom. The average Bonchev–Trinajstić information content (AvgIpc) is 2.33. The molecule has 1 unspecified atom stereocenters. The molecule has 21 heavy (non-hydrogen) atoms. The molecule has 0 aliphatic carbocycles. The summed E-state index contributed by atoms with van der Waals surface area (Å²) in [6.45, 7) is 2.72. The van der Waals surface area contributed by atoms with Gasteiger partial charge in [-0.25, -0.2) is 21.1 Å². The van der Waals surface area contributed by atoms with E-state index in [-0.39, 0.29) is 18.7 Å². The van der Waals surface area contributed by atoms with Crippen LogP contribution in [0.1, 0.15) is 19.8 Å². The third kappa shape index (κ3) is 9.77. The molecular weight excluding hydrogens is 318 g/mol. The predicted molar refractivity (Wildman–Crippen MR) is 82.0 cm³/mol. The number of sulfonamides is 1. The number of nitrogens with two attached hydrogens (primary N) is 1. The molecule has 0 aromatic heterocycles. The first-order valence-corrected chi connectivity index (χ1v) is 10.5. The number of hydrogen-bond donors (Lipinski definition) is 2. The molecule has 10 heteroatoms. The summed E-state index contributed by atoms with van der Waals surface area (Å²) >= 11 is 0. The van der Waals surface area contributed by atoms with E-state index < -0.39 is 31.8 Å². The van der Waals surface area contributed by atoms with Gasteiger partial charge in [0.15, 0.2) is 0 Å². The van der Waals surface area contributed by atoms with E-state index in [0.717, 1.165) is 12.5 Å². The Labute approximate surface area is 127 Å². The standard InChI is InChI=1S/C11H25N3O5S2/c1-4-14(21(3,18)19)8-5-7-13-11(15)10(12)6-9-20(2,16)17/h10H,4-9,12H2,1-3H3,(H,13,15). The summed E-state index contributed by atoms with van der Waals surface area (Å²) in [7, 11) is -6.37. The molecule has 0 saturated carbocycles. The molecule has 0 spiro atoms. The Hall–Kier alpha value is -0.710. The maximum Gasteiger partial charge on any atom is 0.236 e. The molecular formula is C11H25N3O5S2. The maximum absolute atomic E-state index is 11.6. The molecule has 0 heterocycles. The summed E-state index contributed by atoms with van der Waals surface area (Å²) < 4.78 is 45.9. The van der Waals surface area contributed by atoms with Gasteiger partial charge in [-0.05, 0) is 12.8 Å².